The molecule has 1 aromatic carbocycles. The van der Waals surface area contributed by atoms with Crippen molar-refractivity contribution in [2.45, 2.75) is 13.0 Å². The SMILES string of the molecule is CC1CNC(=O)c2cc3ccc(C(=O)Nc4nc(-c5cccs5)cs4)cc3n21. The molecule has 1 atom stereocenters. The van der Waals surface area contributed by atoms with E-state index in [-0.39, 0.29) is 17.9 Å². The molecule has 0 saturated heterocycles. The van der Waals surface area contributed by atoms with Crippen LogP contribution in [0, 0.1) is 0 Å². The van der Waals surface area contributed by atoms with E-state index in [1.807, 2.05) is 45.7 Å². The van der Waals surface area contributed by atoms with Crippen molar-refractivity contribution in [2.24, 2.45) is 0 Å². The molecular formula is C20H16N4O2S2. The average molecular weight is 409 g/mol. The Kier molecular flexibility index (Phi) is 4.03. The topological polar surface area (TPSA) is 76.0 Å². The normalized spacial score (nSPS) is 16.0. The number of anilines is 1. The summed E-state index contributed by atoms with van der Waals surface area (Å²) in [6, 6.07) is 11.5. The molecule has 6 nitrogen and oxygen atoms in total. The van der Waals surface area contributed by atoms with Gasteiger partial charge in [-0.15, -0.1) is 22.7 Å². The van der Waals surface area contributed by atoms with Crippen molar-refractivity contribution in [3.8, 4) is 10.6 Å². The zero-order chi connectivity index (χ0) is 19.3. The van der Waals surface area contributed by atoms with Crippen LogP contribution in [0.5, 0.6) is 0 Å². The van der Waals surface area contributed by atoms with Crippen molar-refractivity contribution >= 4 is 50.5 Å². The third-order valence-corrected chi connectivity index (χ3v) is 6.48. The van der Waals surface area contributed by atoms with Gasteiger partial charge < -0.3 is 9.88 Å². The van der Waals surface area contributed by atoms with Crippen molar-refractivity contribution < 1.29 is 9.59 Å². The van der Waals surface area contributed by atoms with Gasteiger partial charge in [-0.1, -0.05) is 12.1 Å². The monoisotopic (exact) mass is 408 g/mol. The molecule has 0 fully saturated rings. The van der Waals surface area contributed by atoms with E-state index >= 15 is 0 Å². The molecule has 4 heterocycles. The highest BCUT2D eigenvalue weighted by molar-refractivity contribution is 7.16. The summed E-state index contributed by atoms with van der Waals surface area (Å²) in [5, 5.41) is 11.2. The fourth-order valence-electron chi connectivity index (χ4n) is 3.47. The van der Waals surface area contributed by atoms with Gasteiger partial charge in [0.25, 0.3) is 11.8 Å². The Bertz CT molecular complexity index is 1210. The number of rotatable bonds is 3. The van der Waals surface area contributed by atoms with Gasteiger partial charge in [-0.3, -0.25) is 14.9 Å². The molecule has 5 rings (SSSR count). The average Bonchev–Trinajstić information content (AvgIpc) is 3.43. The highest BCUT2D eigenvalue weighted by atomic mass is 32.1. The van der Waals surface area contributed by atoms with Gasteiger partial charge in [-0.25, -0.2) is 4.98 Å². The van der Waals surface area contributed by atoms with E-state index < -0.39 is 0 Å². The summed E-state index contributed by atoms with van der Waals surface area (Å²) in [5.41, 5.74) is 2.93. The van der Waals surface area contributed by atoms with Gasteiger partial charge in [0.2, 0.25) is 0 Å². The van der Waals surface area contributed by atoms with Gasteiger partial charge in [0.15, 0.2) is 5.13 Å². The fourth-order valence-corrected chi connectivity index (χ4v) is 4.94. The number of benzene rings is 1. The second-order valence-electron chi connectivity index (χ2n) is 6.70. The Morgan fingerprint density at radius 3 is 3.00 bits per heavy atom. The first-order valence-corrected chi connectivity index (χ1v) is 10.6. The first-order valence-electron chi connectivity index (χ1n) is 8.84. The lowest BCUT2D eigenvalue weighted by molar-refractivity contribution is 0.0919. The largest absolute Gasteiger partial charge is 0.349 e. The Morgan fingerprint density at radius 1 is 1.29 bits per heavy atom. The fraction of sp³-hybridized carbons (Fsp3) is 0.150. The lowest BCUT2D eigenvalue weighted by Gasteiger charge is -2.24. The molecule has 1 aliphatic heterocycles. The molecule has 3 aromatic heterocycles. The predicted molar refractivity (Wildman–Crippen MR) is 112 cm³/mol. The number of carbonyl (C=O) groups is 2. The minimum atomic E-state index is -0.211. The number of nitrogens with zero attached hydrogens (tertiary/aromatic N) is 2. The van der Waals surface area contributed by atoms with Crippen LogP contribution in [0.2, 0.25) is 0 Å². The standard InChI is InChI=1S/C20H16N4O2S2/c1-11-9-21-19(26)16-7-12-4-5-13(8-15(12)24(11)16)18(25)23-20-22-14(10-28-20)17-3-2-6-27-17/h2-8,10-11H,9H2,1H3,(H,21,26)(H,22,23,25). The van der Waals surface area contributed by atoms with Crippen LogP contribution in [-0.4, -0.2) is 27.9 Å². The lowest BCUT2D eigenvalue weighted by Crippen LogP contribution is -2.37. The van der Waals surface area contributed by atoms with Crippen LogP contribution in [0.1, 0.15) is 33.8 Å². The molecule has 0 aliphatic carbocycles. The summed E-state index contributed by atoms with van der Waals surface area (Å²) in [6.45, 7) is 2.63. The Balaban J connectivity index is 1.45. The third kappa shape index (κ3) is 2.81. The summed E-state index contributed by atoms with van der Waals surface area (Å²) in [4.78, 5) is 30.5. The van der Waals surface area contributed by atoms with Crippen LogP contribution in [-0.2, 0) is 0 Å². The number of aromatic nitrogens is 2. The zero-order valence-corrected chi connectivity index (χ0v) is 16.6. The van der Waals surface area contributed by atoms with Crippen LogP contribution < -0.4 is 10.6 Å². The van der Waals surface area contributed by atoms with Crippen LogP contribution in [0.15, 0.2) is 47.2 Å². The highest BCUT2D eigenvalue weighted by Crippen LogP contribution is 2.30. The van der Waals surface area contributed by atoms with Crippen LogP contribution in [0.25, 0.3) is 21.5 Å². The van der Waals surface area contributed by atoms with Crippen LogP contribution >= 0.6 is 22.7 Å². The van der Waals surface area contributed by atoms with E-state index in [9.17, 15) is 9.59 Å². The lowest BCUT2D eigenvalue weighted by atomic mass is 10.1. The molecule has 0 radical (unpaired) electrons. The van der Waals surface area contributed by atoms with Gasteiger partial charge in [-0.2, -0.15) is 0 Å². The molecule has 0 bridgehead atoms. The van der Waals surface area contributed by atoms with Crippen LogP contribution in [0.3, 0.4) is 0 Å². The molecule has 1 unspecified atom stereocenters. The summed E-state index contributed by atoms with van der Waals surface area (Å²) < 4.78 is 2.00. The minimum Gasteiger partial charge on any atom is -0.349 e. The molecule has 8 heteroatoms. The van der Waals surface area contributed by atoms with E-state index in [1.54, 1.807) is 17.4 Å². The molecular weight excluding hydrogens is 392 g/mol. The maximum Gasteiger partial charge on any atom is 0.268 e. The maximum atomic E-state index is 12.8. The summed E-state index contributed by atoms with van der Waals surface area (Å²) >= 11 is 3.02. The summed E-state index contributed by atoms with van der Waals surface area (Å²) in [7, 11) is 0. The Labute approximate surface area is 168 Å². The van der Waals surface area contributed by atoms with Gasteiger partial charge >= 0.3 is 0 Å². The molecule has 1 aliphatic rings. The van der Waals surface area contributed by atoms with Crippen molar-refractivity contribution in [2.75, 3.05) is 11.9 Å². The Morgan fingerprint density at radius 2 is 2.18 bits per heavy atom. The number of hydrogen-bond donors (Lipinski definition) is 2. The van der Waals surface area contributed by atoms with Crippen LogP contribution in [0.4, 0.5) is 5.13 Å². The van der Waals surface area contributed by atoms with E-state index in [0.717, 1.165) is 21.5 Å². The Hall–Kier alpha value is -2.97. The van der Waals surface area contributed by atoms with E-state index in [0.29, 0.717) is 22.9 Å². The molecule has 4 aromatic rings. The number of nitrogens with one attached hydrogen (secondary N) is 2. The molecule has 0 spiro atoms. The predicted octanol–water partition coefficient (Wildman–Crippen LogP) is 4.38. The number of thiophene rings is 1. The summed E-state index contributed by atoms with van der Waals surface area (Å²) in [5.74, 6) is -0.290. The quantitative estimate of drug-likeness (QED) is 0.528. The van der Waals surface area contributed by atoms with Gasteiger partial charge in [0.1, 0.15) is 5.69 Å². The molecule has 0 saturated carbocycles. The zero-order valence-electron chi connectivity index (χ0n) is 14.9. The summed E-state index contributed by atoms with van der Waals surface area (Å²) in [6.07, 6.45) is 0. The number of amides is 2. The van der Waals surface area contributed by atoms with E-state index in [1.165, 1.54) is 11.3 Å². The molecule has 28 heavy (non-hydrogen) atoms. The number of hydrogen-bond acceptors (Lipinski definition) is 5. The number of fused-ring (bicyclic) bond motifs is 3. The van der Waals surface area contributed by atoms with E-state index in [2.05, 4.69) is 22.5 Å². The van der Waals surface area contributed by atoms with Gasteiger partial charge in [0, 0.05) is 34.4 Å². The van der Waals surface area contributed by atoms with Crippen molar-refractivity contribution in [3.05, 3.63) is 58.4 Å². The second kappa shape index (κ2) is 6.57. The molecule has 2 N–H and O–H groups in total. The van der Waals surface area contributed by atoms with Gasteiger partial charge in [0.05, 0.1) is 10.6 Å². The number of thiazole rings is 1. The minimum absolute atomic E-state index is 0.0795. The molecule has 2 amide bonds. The van der Waals surface area contributed by atoms with Crippen molar-refractivity contribution in [1.82, 2.24) is 14.9 Å². The number of carbonyl (C=O) groups excluding carboxylic acids is 2. The van der Waals surface area contributed by atoms with Crippen molar-refractivity contribution in [1.29, 1.82) is 0 Å². The second-order valence-corrected chi connectivity index (χ2v) is 8.51. The highest BCUT2D eigenvalue weighted by Gasteiger charge is 2.24. The molecule has 140 valence electrons. The van der Waals surface area contributed by atoms with Gasteiger partial charge in [-0.05, 0) is 36.6 Å². The maximum absolute atomic E-state index is 12.8. The first-order chi connectivity index (χ1) is 13.6. The van der Waals surface area contributed by atoms with E-state index in [4.69, 9.17) is 0 Å². The smallest absolute Gasteiger partial charge is 0.268 e. The van der Waals surface area contributed by atoms with Crippen molar-refractivity contribution in [3.63, 3.8) is 0 Å². The third-order valence-electron chi connectivity index (χ3n) is 4.83. The first kappa shape index (κ1) is 17.2.